The maximum atomic E-state index is 4.48. The van der Waals surface area contributed by atoms with Gasteiger partial charge in [0, 0.05) is 36.2 Å². The van der Waals surface area contributed by atoms with E-state index in [1.807, 2.05) is 30.3 Å². The van der Waals surface area contributed by atoms with E-state index in [4.69, 9.17) is 0 Å². The lowest BCUT2D eigenvalue weighted by atomic mass is 10.0. The average Bonchev–Trinajstić information content (AvgIpc) is 3.29. The van der Waals surface area contributed by atoms with Crippen LogP contribution >= 0.6 is 11.5 Å². The SMILES string of the molecule is C1=CC(N2CC[N+]3(CCCCC3)CC2)CC=C1N=Nc1nc(-c2ccccc2)ns1. The van der Waals surface area contributed by atoms with Gasteiger partial charge in [0.15, 0.2) is 5.82 Å². The van der Waals surface area contributed by atoms with Crippen molar-refractivity contribution in [3.63, 3.8) is 0 Å². The maximum Gasteiger partial charge on any atom is 0.249 e. The third-order valence-corrected chi connectivity index (χ3v) is 7.31. The van der Waals surface area contributed by atoms with E-state index >= 15 is 0 Å². The summed E-state index contributed by atoms with van der Waals surface area (Å²) in [6, 6.07) is 10.5. The summed E-state index contributed by atoms with van der Waals surface area (Å²) in [6.45, 7) is 7.87. The first-order valence-corrected chi connectivity index (χ1v) is 11.9. The highest BCUT2D eigenvalue weighted by Gasteiger charge is 2.35. The highest BCUT2D eigenvalue weighted by Crippen LogP contribution is 2.26. The lowest BCUT2D eigenvalue weighted by molar-refractivity contribution is -0.936. The summed E-state index contributed by atoms with van der Waals surface area (Å²) in [5, 5.41) is 9.29. The number of azo groups is 1. The summed E-state index contributed by atoms with van der Waals surface area (Å²) in [7, 11) is 0. The van der Waals surface area contributed by atoms with E-state index in [9.17, 15) is 0 Å². The Labute approximate surface area is 182 Å². The van der Waals surface area contributed by atoms with E-state index in [0.29, 0.717) is 17.0 Å². The van der Waals surface area contributed by atoms with Crippen molar-refractivity contribution in [2.24, 2.45) is 10.2 Å². The molecule has 30 heavy (non-hydrogen) atoms. The largest absolute Gasteiger partial charge is 0.321 e. The smallest absolute Gasteiger partial charge is 0.249 e. The molecule has 2 fully saturated rings. The van der Waals surface area contributed by atoms with Crippen LogP contribution in [0.25, 0.3) is 11.4 Å². The van der Waals surface area contributed by atoms with Crippen LogP contribution in [0.1, 0.15) is 25.7 Å². The second-order valence-corrected chi connectivity index (χ2v) is 9.32. The summed E-state index contributed by atoms with van der Waals surface area (Å²) in [4.78, 5) is 7.13. The van der Waals surface area contributed by atoms with Crippen molar-refractivity contribution in [1.29, 1.82) is 0 Å². The van der Waals surface area contributed by atoms with Crippen molar-refractivity contribution >= 4 is 16.7 Å². The molecule has 2 saturated heterocycles. The fourth-order valence-corrected chi connectivity index (χ4v) is 5.39. The minimum Gasteiger partial charge on any atom is -0.321 e. The maximum absolute atomic E-state index is 4.48. The van der Waals surface area contributed by atoms with Gasteiger partial charge in [-0.1, -0.05) is 42.5 Å². The molecule has 0 bridgehead atoms. The molecule has 0 N–H and O–H groups in total. The molecule has 0 radical (unpaired) electrons. The quantitative estimate of drug-likeness (QED) is 0.525. The van der Waals surface area contributed by atoms with Crippen LogP contribution in [-0.2, 0) is 0 Å². The average molecular weight is 422 g/mol. The van der Waals surface area contributed by atoms with Gasteiger partial charge in [-0.15, -0.1) is 10.2 Å². The van der Waals surface area contributed by atoms with E-state index in [0.717, 1.165) is 17.7 Å². The fourth-order valence-electron chi connectivity index (χ4n) is 4.87. The molecule has 0 amide bonds. The summed E-state index contributed by atoms with van der Waals surface area (Å²) in [5.74, 6) is 0.710. The van der Waals surface area contributed by atoms with Gasteiger partial charge in [0.25, 0.3) is 0 Å². The number of hydrogen-bond donors (Lipinski definition) is 0. The lowest BCUT2D eigenvalue weighted by Gasteiger charge is -2.48. The summed E-state index contributed by atoms with van der Waals surface area (Å²) >= 11 is 1.28. The second kappa shape index (κ2) is 8.88. The Hall–Kier alpha value is -2.22. The summed E-state index contributed by atoms with van der Waals surface area (Å²) in [5.41, 5.74) is 1.92. The van der Waals surface area contributed by atoms with Crippen LogP contribution in [0.5, 0.6) is 0 Å². The van der Waals surface area contributed by atoms with Gasteiger partial charge in [0.1, 0.15) is 0 Å². The molecular formula is C23H29N6S+. The number of rotatable bonds is 4. The second-order valence-electron chi connectivity index (χ2n) is 8.59. The third-order valence-electron chi connectivity index (χ3n) is 6.71. The molecule has 1 aliphatic carbocycles. The van der Waals surface area contributed by atoms with Crippen molar-refractivity contribution < 1.29 is 4.48 Å². The van der Waals surface area contributed by atoms with Gasteiger partial charge in [-0.25, -0.2) is 0 Å². The van der Waals surface area contributed by atoms with E-state index in [1.165, 1.54) is 74.5 Å². The molecule has 3 heterocycles. The van der Waals surface area contributed by atoms with Crippen molar-refractivity contribution in [3.05, 3.63) is 54.3 Å². The first kappa shape index (κ1) is 19.7. The van der Waals surface area contributed by atoms with E-state index in [1.54, 1.807) is 0 Å². The number of aromatic nitrogens is 2. The van der Waals surface area contributed by atoms with E-state index < -0.39 is 0 Å². The molecule has 5 rings (SSSR count). The molecule has 156 valence electrons. The minimum absolute atomic E-state index is 0.500. The van der Waals surface area contributed by atoms with Crippen LogP contribution in [0.4, 0.5) is 5.13 Å². The van der Waals surface area contributed by atoms with Crippen LogP contribution in [0.2, 0.25) is 0 Å². The van der Waals surface area contributed by atoms with Gasteiger partial charge in [-0.2, -0.15) is 9.36 Å². The van der Waals surface area contributed by atoms with Gasteiger partial charge < -0.3 is 4.48 Å². The standard InChI is InChI=1S/C23H29N6S/c1-3-7-19(8-4-1)22-24-23(30-27-22)26-25-20-9-11-21(12-10-20)28-13-17-29(18-14-28)15-5-2-6-16-29/h1,3-4,7-11,21H,2,5-6,12-18H2/q+1. The van der Waals surface area contributed by atoms with E-state index in [-0.39, 0.29) is 0 Å². The van der Waals surface area contributed by atoms with Crippen molar-refractivity contribution in [2.75, 3.05) is 39.3 Å². The highest BCUT2D eigenvalue weighted by molar-refractivity contribution is 7.09. The third kappa shape index (κ3) is 4.43. The van der Waals surface area contributed by atoms with Crippen LogP contribution in [0.3, 0.4) is 0 Å². The van der Waals surface area contributed by atoms with Crippen LogP contribution in [-0.4, -0.2) is 64.1 Å². The van der Waals surface area contributed by atoms with Crippen LogP contribution < -0.4 is 0 Å². The Morgan fingerprint density at radius 3 is 2.50 bits per heavy atom. The van der Waals surface area contributed by atoms with Gasteiger partial charge in [-0.05, 0) is 31.8 Å². The number of benzene rings is 1. The predicted octanol–water partition coefficient (Wildman–Crippen LogP) is 4.82. The number of quaternary nitrogens is 1. The molecule has 1 aromatic heterocycles. The molecule has 0 saturated carbocycles. The van der Waals surface area contributed by atoms with Crippen LogP contribution in [0.15, 0.2) is 64.5 Å². The van der Waals surface area contributed by atoms with Crippen molar-refractivity contribution in [3.8, 4) is 11.4 Å². The van der Waals surface area contributed by atoms with E-state index in [2.05, 4.69) is 42.7 Å². The first-order valence-electron chi connectivity index (χ1n) is 11.1. The Balaban J connectivity index is 1.15. The highest BCUT2D eigenvalue weighted by atomic mass is 32.1. The number of piperazine rings is 1. The molecule has 2 aromatic rings. The summed E-state index contributed by atoms with van der Waals surface area (Å²) in [6.07, 6.45) is 11.9. The number of hydrogen-bond acceptors (Lipinski definition) is 6. The molecular weight excluding hydrogens is 392 g/mol. The minimum atomic E-state index is 0.500. The zero-order valence-electron chi connectivity index (χ0n) is 17.4. The Kier molecular flexibility index (Phi) is 5.84. The summed E-state index contributed by atoms with van der Waals surface area (Å²) < 4.78 is 5.76. The number of nitrogens with zero attached hydrogens (tertiary/aromatic N) is 6. The molecule has 1 spiro atoms. The predicted molar refractivity (Wildman–Crippen MR) is 121 cm³/mol. The van der Waals surface area contributed by atoms with Gasteiger partial charge in [0.2, 0.25) is 5.13 Å². The molecule has 2 aliphatic heterocycles. The molecule has 3 aliphatic rings. The van der Waals surface area contributed by atoms with Gasteiger partial charge in [0.05, 0.1) is 31.9 Å². The Morgan fingerprint density at radius 2 is 1.77 bits per heavy atom. The topological polar surface area (TPSA) is 53.7 Å². The molecule has 7 heteroatoms. The fraction of sp³-hybridized carbons (Fsp3) is 0.478. The monoisotopic (exact) mass is 421 g/mol. The van der Waals surface area contributed by atoms with Crippen molar-refractivity contribution in [2.45, 2.75) is 31.7 Å². The zero-order valence-corrected chi connectivity index (χ0v) is 18.2. The lowest BCUT2D eigenvalue weighted by Crippen LogP contribution is -2.62. The Bertz CT molecular complexity index is 932. The molecule has 6 nitrogen and oxygen atoms in total. The van der Waals surface area contributed by atoms with Gasteiger partial charge >= 0.3 is 0 Å². The van der Waals surface area contributed by atoms with Crippen LogP contribution in [0, 0.1) is 0 Å². The Morgan fingerprint density at radius 1 is 0.967 bits per heavy atom. The van der Waals surface area contributed by atoms with Gasteiger partial charge in [-0.3, -0.25) is 4.90 Å². The van der Waals surface area contributed by atoms with Crippen molar-refractivity contribution in [1.82, 2.24) is 14.3 Å². The molecule has 1 atom stereocenters. The molecule has 1 aromatic carbocycles. The normalized spacial score (nSPS) is 24.4. The zero-order chi connectivity index (χ0) is 20.2. The number of allylic oxidation sites excluding steroid dienone is 1. The number of piperidine rings is 1. The first-order chi connectivity index (χ1) is 14.8. The molecule has 1 unspecified atom stereocenters.